The molecule has 12 aromatic rings. The molecule has 18 rings (SSSR count). The third kappa shape index (κ3) is 10.5. The molecule has 0 heterocycles. The van der Waals surface area contributed by atoms with E-state index >= 15 is 0 Å². The molecule has 1 heteroatoms. The van der Waals surface area contributed by atoms with Gasteiger partial charge in [0.25, 0.3) is 0 Å². The zero-order valence-electron chi connectivity index (χ0n) is 44.5. The van der Waals surface area contributed by atoms with Crippen LogP contribution in [0.4, 0.5) is 0 Å². The van der Waals surface area contributed by atoms with E-state index < -0.39 is 0 Å². The molecule has 0 N–H and O–H groups in total. The predicted molar refractivity (Wildman–Crippen MR) is 334 cm³/mol. The molecule has 79 heavy (non-hydrogen) atoms. The third-order valence-corrected chi connectivity index (χ3v) is 16.2. The zero-order chi connectivity index (χ0) is 52.0. The maximum atomic E-state index is 2.22. The summed E-state index contributed by atoms with van der Waals surface area (Å²) >= 11 is 0. The normalized spacial score (nSPS) is 12.2. The maximum absolute atomic E-state index is 2.22. The van der Waals surface area contributed by atoms with E-state index in [4.69, 9.17) is 0 Å². The van der Waals surface area contributed by atoms with E-state index in [2.05, 4.69) is 291 Å². The maximum Gasteiger partial charge on any atom is 0 e. The molecular formula is C78H60B. The molecule has 0 amide bonds. The average molecular weight is 1010 g/mol. The molecule has 0 atom stereocenters. The van der Waals surface area contributed by atoms with E-state index in [1.54, 1.807) is 0 Å². The van der Waals surface area contributed by atoms with E-state index in [-0.39, 0.29) is 8.41 Å². The summed E-state index contributed by atoms with van der Waals surface area (Å²) in [6.07, 6.45) is 6.62. The van der Waals surface area contributed by atoms with Gasteiger partial charge >= 0.3 is 0 Å². The first-order valence-electron chi connectivity index (χ1n) is 27.7. The van der Waals surface area contributed by atoms with Gasteiger partial charge in [0.05, 0.1) is 0 Å². The summed E-state index contributed by atoms with van der Waals surface area (Å²) in [6, 6.07) is 104. The Kier molecular flexibility index (Phi) is 14.8. The lowest BCUT2D eigenvalue weighted by molar-refractivity contribution is 1.26. The Morgan fingerprint density at radius 1 is 0.114 bits per heavy atom. The number of rotatable bonds is 0. The van der Waals surface area contributed by atoms with Crippen LogP contribution in [0.2, 0.25) is 0 Å². The summed E-state index contributed by atoms with van der Waals surface area (Å²) in [7, 11) is 0. The minimum Gasteiger partial charge on any atom is -0.0619 e. The molecule has 0 unspecified atom stereocenters. The molecule has 6 aliphatic rings. The molecule has 0 aromatic heterocycles. The van der Waals surface area contributed by atoms with Gasteiger partial charge in [-0.05, 0) is 172 Å². The van der Waals surface area contributed by atoms with Crippen molar-refractivity contribution in [2.75, 3.05) is 0 Å². The fraction of sp³-hybridized carbons (Fsp3) is 0.0769. The first kappa shape index (κ1) is 50.5. The highest BCUT2D eigenvalue weighted by Crippen LogP contribution is 2.40. The molecule has 0 saturated heterocycles. The zero-order valence-corrected chi connectivity index (χ0v) is 44.5. The molecule has 3 radical (unpaired) electrons. The summed E-state index contributed by atoms with van der Waals surface area (Å²) in [6.45, 7) is 0. The van der Waals surface area contributed by atoms with Crippen molar-refractivity contribution < 1.29 is 0 Å². The average Bonchev–Trinajstić information content (AvgIpc) is 4.45. The largest absolute Gasteiger partial charge is 0.0619 e. The highest BCUT2D eigenvalue weighted by atomic mass is 14.2. The molecule has 6 aliphatic carbocycles. The molecule has 0 spiro atoms. The van der Waals surface area contributed by atoms with Crippen molar-refractivity contribution in [3.63, 3.8) is 0 Å². The van der Waals surface area contributed by atoms with Crippen molar-refractivity contribution >= 4 is 8.41 Å². The molecule has 375 valence electrons. The van der Waals surface area contributed by atoms with Gasteiger partial charge in [0.2, 0.25) is 0 Å². The Balaban J connectivity index is 0.0000000944. The summed E-state index contributed by atoms with van der Waals surface area (Å²) < 4.78 is 0. The van der Waals surface area contributed by atoms with Crippen LogP contribution in [0, 0.1) is 0 Å². The topological polar surface area (TPSA) is 0 Å². The molecule has 12 aromatic carbocycles. The lowest BCUT2D eigenvalue weighted by Crippen LogP contribution is -1.77. The lowest BCUT2D eigenvalue weighted by Gasteiger charge is -1.98. The van der Waals surface area contributed by atoms with Crippen LogP contribution in [0.15, 0.2) is 291 Å². The van der Waals surface area contributed by atoms with E-state index in [1.807, 2.05) is 0 Å². The Morgan fingerprint density at radius 2 is 0.190 bits per heavy atom. The highest BCUT2D eigenvalue weighted by Gasteiger charge is 2.21. The third-order valence-electron chi connectivity index (χ3n) is 16.2. The minimum absolute atomic E-state index is 0. The molecular weight excluding hydrogens is 948 g/mol. The Morgan fingerprint density at radius 3 is 0.278 bits per heavy atom. The van der Waals surface area contributed by atoms with Crippen molar-refractivity contribution in [1.29, 1.82) is 0 Å². The van der Waals surface area contributed by atoms with Crippen LogP contribution in [-0.2, 0) is 38.5 Å². The fourth-order valence-corrected chi connectivity index (χ4v) is 12.5. The van der Waals surface area contributed by atoms with Crippen molar-refractivity contribution in [1.82, 2.24) is 0 Å². The van der Waals surface area contributed by atoms with Gasteiger partial charge in [-0.1, -0.05) is 291 Å². The smallest absolute Gasteiger partial charge is 0 e. The molecule has 0 nitrogen and oxygen atoms in total. The number of hydrogen-bond acceptors (Lipinski definition) is 0. The second-order valence-electron chi connectivity index (χ2n) is 20.9. The van der Waals surface area contributed by atoms with Crippen LogP contribution in [-0.4, -0.2) is 8.41 Å². The molecule has 0 bridgehead atoms. The number of fused-ring (bicyclic) bond motifs is 18. The van der Waals surface area contributed by atoms with Crippen molar-refractivity contribution in [2.24, 2.45) is 0 Å². The van der Waals surface area contributed by atoms with Crippen LogP contribution in [0.1, 0.15) is 66.8 Å². The van der Waals surface area contributed by atoms with Gasteiger partial charge in [-0.2, -0.15) is 0 Å². The predicted octanol–water partition coefficient (Wildman–Crippen LogP) is 19.2. The van der Waals surface area contributed by atoms with Gasteiger partial charge in [0.15, 0.2) is 0 Å². The van der Waals surface area contributed by atoms with Gasteiger partial charge < -0.3 is 0 Å². The second kappa shape index (κ2) is 23.1. The van der Waals surface area contributed by atoms with Crippen LogP contribution in [0.5, 0.6) is 0 Å². The van der Waals surface area contributed by atoms with Crippen LogP contribution >= 0.6 is 0 Å². The van der Waals surface area contributed by atoms with E-state index in [9.17, 15) is 0 Å². The van der Waals surface area contributed by atoms with E-state index in [0.29, 0.717) is 0 Å². The molecule has 0 aliphatic heterocycles. The summed E-state index contributed by atoms with van der Waals surface area (Å²) in [4.78, 5) is 0. The van der Waals surface area contributed by atoms with Crippen molar-refractivity contribution in [3.8, 4) is 66.8 Å². The standard InChI is InChI=1S/6C13H10.B/c6*1-3-7-12-10(5-1)9-11-6-2-4-8-13(11)12;/h6*1-8H,9H2;. The number of hydrogen-bond donors (Lipinski definition) is 0. The fourth-order valence-electron chi connectivity index (χ4n) is 12.5. The summed E-state index contributed by atoms with van der Waals surface area (Å²) in [5.74, 6) is 0. The lowest BCUT2D eigenvalue weighted by atomic mass is 10.1. The van der Waals surface area contributed by atoms with Gasteiger partial charge in [-0.15, -0.1) is 0 Å². The van der Waals surface area contributed by atoms with Crippen LogP contribution in [0.3, 0.4) is 0 Å². The number of benzene rings is 12. The van der Waals surface area contributed by atoms with Crippen LogP contribution in [0.25, 0.3) is 66.8 Å². The Hall–Kier alpha value is -9.30. The van der Waals surface area contributed by atoms with Gasteiger partial charge in [-0.25, -0.2) is 0 Å². The second-order valence-corrected chi connectivity index (χ2v) is 20.9. The van der Waals surface area contributed by atoms with Gasteiger partial charge in [-0.3, -0.25) is 0 Å². The van der Waals surface area contributed by atoms with Crippen molar-refractivity contribution in [2.45, 2.75) is 38.5 Å². The van der Waals surface area contributed by atoms with E-state index in [1.165, 1.54) is 134 Å². The van der Waals surface area contributed by atoms with Gasteiger partial charge in [0.1, 0.15) is 0 Å². The molecule has 0 saturated carbocycles. The first-order chi connectivity index (χ1) is 38.7. The quantitative estimate of drug-likeness (QED) is 0.133. The SMILES string of the molecule is [B].c1ccc2c(c1)Cc1ccccc1-2.c1ccc2c(c1)Cc1ccccc1-2.c1ccc2c(c1)Cc1ccccc1-2.c1ccc2c(c1)Cc1ccccc1-2.c1ccc2c(c1)Cc1ccccc1-2.c1ccc2c(c1)Cc1ccccc1-2. The van der Waals surface area contributed by atoms with Crippen molar-refractivity contribution in [3.05, 3.63) is 358 Å². The van der Waals surface area contributed by atoms with Crippen LogP contribution < -0.4 is 0 Å². The minimum atomic E-state index is 0. The Bertz CT molecular complexity index is 3170. The first-order valence-corrected chi connectivity index (χ1v) is 27.7. The monoisotopic (exact) mass is 1010 g/mol. The van der Waals surface area contributed by atoms with Gasteiger partial charge in [0, 0.05) is 8.41 Å². The Labute approximate surface area is 469 Å². The molecule has 0 fully saturated rings. The highest BCUT2D eigenvalue weighted by molar-refractivity contribution is 5.81. The van der Waals surface area contributed by atoms with E-state index in [0.717, 1.165) is 38.5 Å². The summed E-state index contributed by atoms with van der Waals surface area (Å²) in [5.41, 5.74) is 34.5. The summed E-state index contributed by atoms with van der Waals surface area (Å²) in [5, 5.41) is 0.